The second kappa shape index (κ2) is 6.74. The summed E-state index contributed by atoms with van der Waals surface area (Å²) in [7, 11) is -5.95. The van der Waals surface area contributed by atoms with Crippen molar-refractivity contribution in [1.29, 1.82) is 5.26 Å². The molecule has 0 radical (unpaired) electrons. The van der Waals surface area contributed by atoms with Gasteiger partial charge in [0.15, 0.2) is 0 Å². The van der Waals surface area contributed by atoms with E-state index in [1.54, 1.807) is 36.4 Å². The average Bonchev–Trinajstić information content (AvgIpc) is 2.52. The number of hydrogen-bond donors (Lipinski definition) is 1. The molecule has 1 saturated carbocycles. The molecule has 0 spiro atoms. The summed E-state index contributed by atoms with van der Waals surface area (Å²) in [6.07, 6.45) is 2.47. The molecular weight excluding hydrogens is 383 g/mol. The molecule has 3 rings (SSSR count). The van der Waals surface area contributed by atoms with Crippen LogP contribution in [0.15, 0.2) is 30.3 Å². The Kier molecular flexibility index (Phi) is 4.73. The molecule has 0 unspecified atom stereocenters. The van der Waals surface area contributed by atoms with Gasteiger partial charge in [0, 0.05) is 22.9 Å². The summed E-state index contributed by atoms with van der Waals surface area (Å²) in [6.45, 7) is 0. The minimum absolute atomic E-state index is 0.0267. The number of aromatic nitrogens is 1. The molecular formula is C17H14F3N3O3S. The summed E-state index contributed by atoms with van der Waals surface area (Å²) >= 11 is 0. The van der Waals surface area contributed by atoms with Gasteiger partial charge >= 0.3 is 15.6 Å². The summed E-state index contributed by atoms with van der Waals surface area (Å²) in [5.74, 6) is -0.896. The van der Waals surface area contributed by atoms with Crippen LogP contribution in [-0.4, -0.2) is 18.9 Å². The van der Waals surface area contributed by atoms with Crippen LogP contribution in [-0.2, 0) is 10.1 Å². The van der Waals surface area contributed by atoms with Crippen LogP contribution in [0.1, 0.15) is 36.4 Å². The summed E-state index contributed by atoms with van der Waals surface area (Å²) in [5.41, 5.74) is 1.19. The van der Waals surface area contributed by atoms with Gasteiger partial charge in [0.1, 0.15) is 11.6 Å². The lowest BCUT2D eigenvalue weighted by Crippen LogP contribution is -2.29. The molecule has 0 bridgehead atoms. The summed E-state index contributed by atoms with van der Waals surface area (Å²) < 4.78 is 65.3. The molecule has 2 N–H and O–H groups in total. The van der Waals surface area contributed by atoms with Crippen LogP contribution >= 0.6 is 0 Å². The first kappa shape index (κ1) is 19.0. The number of rotatable bonds is 4. The third-order valence-corrected chi connectivity index (χ3v) is 5.28. The Bertz CT molecular complexity index is 1010. The molecule has 1 heterocycles. The lowest BCUT2D eigenvalue weighted by molar-refractivity contribution is -0.0501. The molecule has 0 amide bonds. The van der Waals surface area contributed by atoms with Crippen LogP contribution in [0.5, 0.6) is 5.88 Å². The highest BCUT2D eigenvalue weighted by atomic mass is 32.2. The molecule has 10 heteroatoms. The van der Waals surface area contributed by atoms with Crippen LogP contribution in [0, 0.1) is 11.3 Å². The molecule has 1 fully saturated rings. The minimum atomic E-state index is -5.95. The Morgan fingerprint density at radius 3 is 2.33 bits per heavy atom. The van der Waals surface area contributed by atoms with Crippen molar-refractivity contribution in [2.45, 2.75) is 30.7 Å². The first-order chi connectivity index (χ1) is 12.6. The van der Waals surface area contributed by atoms with Crippen molar-refractivity contribution in [3.63, 3.8) is 0 Å². The molecule has 1 aliphatic carbocycles. The Morgan fingerprint density at radius 2 is 1.85 bits per heavy atom. The second-order valence-corrected chi connectivity index (χ2v) is 7.66. The molecule has 2 aromatic rings. The number of halogens is 3. The molecule has 0 aliphatic heterocycles. The van der Waals surface area contributed by atoms with Gasteiger partial charge < -0.3 is 9.92 Å². The van der Waals surface area contributed by atoms with Gasteiger partial charge in [-0.25, -0.2) is 4.98 Å². The maximum Gasteiger partial charge on any atom is 0.534 e. The van der Waals surface area contributed by atoms with E-state index in [0.29, 0.717) is 16.9 Å². The topological polar surface area (TPSA) is 106 Å². The van der Waals surface area contributed by atoms with Gasteiger partial charge in [0.2, 0.25) is 0 Å². The number of nitrogens with zero attached hydrogens (tertiary/aromatic N) is 2. The SMILES string of the molecule is N#Cc1c(-c2ccc(N)cc2)cc(C2CCC2)nc1OS(=O)(=O)C(F)(F)F. The summed E-state index contributed by atoms with van der Waals surface area (Å²) in [4.78, 5) is 3.92. The molecule has 1 aromatic heterocycles. The first-order valence-corrected chi connectivity index (χ1v) is 9.35. The van der Waals surface area contributed by atoms with Crippen molar-refractivity contribution >= 4 is 15.8 Å². The van der Waals surface area contributed by atoms with Crippen molar-refractivity contribution < 1.29 is 25.8 Å². The van der Waals surface area contributed by atoms with Gasteiger partial charge in [-0.15, -0.1) is 0 Å². The van der Waals surface area contributed by atoms with Crippen LogP contribution < -0.4 is 9.92 Å². The lowest BCUT2D eigenvalue weighted by Gasteiger charge is -2.26. The van der Waals surface area contributed by atoms with Gasteiger partial charge in [-0.2, -0.15) is 26.9 Å². The van der Waals surface area contributed by atoms with E-state index in [1.807, 2.05) is 0 Å². The van der Waals surface area contributed by atoms with Crippen molar-refractivity contribution in [2.24, 2.45) is 0 Å². The number of nitriles is 1. The zero-order valence-electron chi connectivity index (χ0n) is 13.8. The third-order valence-electron chi connectivity index (χ3n) is 4.34. The lowest BCUT2D eigenvalue weighted by atomic mass is 9.81. The van der Waals surface area contributed by atoms with E-state index in [-0.39, 0.29) is 11.5 Å². The number of benzene rings is 1. The molecule has 6 nitrogen and oxygen atoms in total. The van der Waals surface area contributed by atoms with E-state index in [0.717, 1.165) is 19.3 Å². The zero-order valence-corrected chi connectivity index (χ0v) is 14.6. The Labute approximate surface area is 153 Å². The fourth-order valence-electron chi connectivity index (χ4n) is 2.66. The van der Waals surface area contributed by atoms with Crippen LogP contribution in [0.2, 0.25) is 0 Å². The number of nitrogen functional groups attached to an aromatic ring is 1. The van der Waals surface area contributed by atoms with Gasteiger partial charge in [-0.05, 0) is 36.6 Å². The van der Waals surface area contributed by atoms with Gasteiger partial charge in [-0.3, -0.25) is 0 Å². The maximum absolute atomic E-state index is 12.7. The van der Waals surface area contributed by atoms with Crippen LogP contribution in [0.4, 0.5) is 18.9 Å². The van der Waals surface area contributed by atoms with Crippen LogP contribution in [0.3, 0.4) is 0 Å². The monoisotopic (exact) mass is 397 g/mol. The standard InChI is InChI=1S/C17H14F3N3O3S/c18-17(19,20)27(24,25)26-16-14(9-21)13(10-4-6-12(22)7-5-10)8-15(23-16)11-2-1-3-11/h4-8,11H,1-3,22H2. The van der Waals surface area contributed by atoms with Crippen molar-refractivity contribution in [3.8, 4) is 23.1 Å². The first-order valence-electron chi connectivity index (χ1n) is 7.94. The number of alkyl halides is 3. The second-order valence-electron chi connectivity index (χ2n) is 6.12. The fourth-order valence-corrected chi connectivity index (χ4v) is 3.09. The van der Waals surface area contributed by atoms with E-state index < -0.39 is 27.1 Å². The molecule has 0 atom stereocenters. The van der Waals surface area contributed by atoms with Gasteiger partial charge in [-0.1, -0.05) is 18.6 Å². The Balaban J connectivity index is 2.18. The van der Waals surface area contributed by atoms with E-state index in [2.05, 4.69) is 9.17 Å². The minimum Gasteiger partial charge on any atom is -0.399 e. The van der Waals surface area contributed by atoms with Crippen molar-refractivity contribution in [2.75, 3.05) is 5.73 Å². The zero-order chi connectivity index (χ0) is 19.8. The average molecular weight is 397 g/mol. The quantitative estimate of drug-likeness (QED) is 0.479. The fraction of sp³-hybridized carbons (Fsp3) is 0.294. The number of hydrogen-bond acceptors (Lipinski definition) is 6. The van der Waals surface area contributed by atoms with E-state index in [9.17, 15) is 26.9 Å². The van der Waals surface area contributed by atoms with Gasteiger partial charge in [0.05, 0.1) is 0 Å². The van der Waals surface area contributed by atoms with E-state index in [1.165, 1.54) is 0 Å². The number of pyridine rings is 1. The smallest absolute Gasteiger partial charge is 0.399 e. The molecule has 27 heavy (non-hydrogen) atoms. The highest BCUT2D eigenvalue weighted by Crippen LogP contribution is 2.40. The maximum atomic E-state index is 12.7. The van der Waals surface area contributed by atoms with Crippen molar-refractivity contribution in [1.82, 2.24) is 4.98 Å². The van der Waals surface area contributed by atoms with Crippen LogP contribution in [0.25, 0.3) is 11.1 Å². The number of anilines is 1. The predicted octanol–water partition coefficient (Wildman–Crippen LogP) is 3.70. The Morgan fingerprint density at radius 1 is 1.22 bits per heavy atom. The molecule has 1 aromatic carbocycles. The van der Waals surface area contributed by atoms with E-state index >= 15 is 0 Å². The van der Waals surface area contributed by atoms with Gasteiger partial charge in [0.25, 0.3) is 5.88 Å². The predicted molar refractivity (Wildman–Crippen MR) is 91.0 cm³/mol. The highest BCUT2D eigenvalue weighted by Gasteiger charge is 2.49. The summed E-state index contributed by atoms with van der Waals surface area (Å²) in [6, 6.07) is 9.57. The molecule has 142 valence electrons. The third kappa shape index (κ3) is 3.68. The largest absolute Gasteiger partial charge is 0.534 e. The normalized spacial score (nSPS) is 15.0. The van der Waals surface area contributed by atoms with Crippen molar-refractivity contribution in [3.05, 3.63) is 41.6 Å². The molecule has 0 saturated heterocycles. The summed E-state index contributed by atoms with van der Waals surface area (Å²) in [5, 5.41) is 9.44. The Hall–Kier alpha value is -2.80. The molecule has 1 aliphatic rings. The van der Waals surface area contributed by atoms with E-state index in [4.69, 9.17) is 5.73 Å². The number of nitrogens with two attached hydrogens (primary N) is 1. The highest BCUT2D eigenvalue weighted by molar-refractivity contribution is 7.87.